The van der Waals surface area contributed by atoms with E-state index in [2.05, 4.69) is 5.32 Å². The van der Waals surface area contributed by atoms with E-state index in [-0.39, 0.29) is 18.8 Å². The summed E-state index contributed by atoms with van der Waals surface area (Å²) in [7, 11) is 0. The normalized spacial score (nSPS) is 11.9. The summed E-state index contributed by atoms with van der Waals surface area (Å²) in [5, 5.41) is 20.4. The molecule has 1 aromatic rings. The lowest BCUT2D eigenvalue weighted by Gasteiger charge is -2.13. The van der Waals surface area contributed by atoms with Crippen molar-refractivity contribution in [2.24, 2.45) is 0 Å². The smallest absolute Gasteiger partial charge is 0.326 e. The molecule has 0 saturated heterocycles. The summed E-state index contributed by atoms with van der Waals surface area (Å²) in [6, 6.07) is 6.02. The number of benzene rings is 1. The van der Waals surface area contributed by atoms with E-state index in [4.69, 9.17) is 21.8 Å². The first kappa shape index (κ1) is 15.8. The summed E-state index contributed by atoms with van der Waals surface area (Å²) in [5.41, 5.74) is 0. The highest BCUT2D eigenvalue weighted by Crippen LogP contribution is 2.26. The van der Waals surface area contributed by atoms with Gasteiger partial charge in [0.05, 0.1) is 10.8 Å². The van der Waals surface area contributed by atoms with Gasteiger partial charge in [0.1, 0.15) is 6.04 Å². The number of halogens is 1. The second-order valence-electron chi connectivity index (χ2n) is 3.69. The van der Waals surface area contributed by atoms with E-state index in [0.29, 0.717) is 5.02 Å². The lowest BCUT2D eigenvalue weighted by atomic mass is 10.2. The highest BCUT2D eigenvalue weighted by Gasteiger charge is 2.19. The first-order chi connectivity index (χ1) is 9.04. The van der Waals surface area contributed by atoms with Gasteiger partial charge in [0.15, 0.2) is 0 Å². The van der Waals surface area contributed by atoms with Gasteiger partial charge >= 0.3 is 5.97 Å². The zero-order valence-corrected chi connectivity index (χ0v) is 11.6. The molecule has 1 aromatic carbocycles. The minimum atomic E-state index is -1.16. The molecule has 19 heavy (non-hydrogen) atoms. The largest absolute Gasteiger partial charge is 0.480 e. The molecule has 0 aliphatic carbocycles. The second-order valence-corrected chi connectivity index (χ2v) is 5.11. The van der Waals surface area contributed by atoms with Crippen molar-refractivity contribution in [3.8, 4) is 0 Å². The molecule has 7 heteroatoms. The topological polar surface area (TPSA) is 86.6 Å². The van der Waals surface area contributed by atoms with Crippen molar-refractivity contribution in [1.29, 1.82) is 0 Å². The number of aliphatic hydroxyl groups is 1. The van der Waals surface area contributed by atoms with Gasteiger partial charge in [-0.2, -0.15) is 0 Å². The molecule has 1 atom stereocenters. The maximum atomic E-state index is 11.6. The molecular formula is C12H14ClNO4S. The summed E-state index contributed by atoms with van der Waals surface area (Å²) in [5.74, 6) is -1.50. The van der Waals surface area contributed by atoms with Crippen LogP contribution in [0.2, 0.25) is 5.02 Å². The van der Waals surface area contributed by atoms with Crippen molar-refractivity contribution in [2.75, 3.05) is 12.4 Å². The van der Waals surface area contributed by atoms with Crippen molar-refractivity contribution >= 4 is 35.2 Å². The molecule has 0 bridgehead atoms. The third-order valence-electron chi connectivity index (χ3n) is 2.25. The zero-order valence-electron chi connectivity index (χ0n) is 10.0. The number of amides is 1. The van der Waals surface area contributed by atoms with Crippen LogP contribution in [0.3, 0.4) is 0 Å². The molecule has 0 spiro atoms. The van der Waals surface area contributed by atoms with Crippen LogP contribution in [0.1, 0.15) is 6.42 Å². The molecule has 5 nitrogen and oxygen atoms in total. The first-order valence-electron chi connectivity index (χ1n) is 5.55. The molecule has 0 unspecified atom stereocenters. The van der Waals surface area contributed by atoms with Crippen molar-refractivity contribution in [2.45, 2.75) is 17.4 Å². The molecule has 0 aliphatic rings. The number of hydrogen-bond donors (Lipinski definition) is 3. The molecule has 104 valence electrons. The average Bonchev–Trinajstić information content (AvgIpc) is 2.37. The van der Waals surface area contributed by atoms with Crippen LogP contribution in [0.4, 0.5) is 0 Å². The van der Waals surface area contributed by atoms with Gasteiger partial charge < -0.3 is 15.5 Å². The summed E-state index contributed by atoms with van der Waals surface area (Å²) in [6.07, 6.45) is -0.0160. The Labute approximate surface area is 120 Å². The fourth-order valence-electron chi connectivity index (χ4n) is 1.33. The van der Waals surface area contributed by atoms with Gasteiger partial charge in [-0.15, -0.1) is 11.8 Å². The number of hydrogen-bond acceptors (Lipinski definition) is 4. The lowest BCUT2D eigenvalue weighted by Crippen LogP contribution is -2.42. The number of carbonyl (C=O) groups is 2. The summed E-state index contributed by atoms with van der Waals surface area (Å²) >= 11 is 7.16. The molecule has 0 saturated carbocycles. The lowest BCUT2D eigenvalue weighted by molar-refractivity contribution is -0.141. The molecule has 3 N–H and O–H groups in total. The van der Waals surface area contributed by atoms with Crippen LogP contribution in [-0.4, -0.2) is 40.5 Å². The van der Waals surface area contributed by atoms with Gasteiger partial charge in [-0.1, -0.05) is 23.7 Å². The van der Waals surface area contributed by atoms with E-state index in [1.807, 2.05) is 0 Å². The van der Waals surface area contributed by atoms with Crippen molar-refractivity contribution in [3.05, 3.63) is 29.3 Å². The summed E-state index contributed by atoms with van der Waals surface area (Å²) in [6.45, 7) is -0.297. The molecule has 0 aromatic heterocycles. The van der Waals surface area contributed by atoms with Crippen LogP contribution in [0.15, 0.2) is 29.2 Å². The molecule has 0 radical (unpaired) electrons. The molecular weight excluding hydrogens is 290 g/mol. The van der Waals surface area contributed by atoms with Gasteiger partial charge in [-0.25, -0.2) is 4.79 Å². The molecule has 0 fully saturated rings. The molecule has 0 heterocycles. The Balaban J connectivity index is 2.47. The third-order valence-corrected chi connectivity index (χ3v) is 3.76. The fraction of sp³-hybridized carbons (Fsp3) is 0.333. The number of aliphatic hydroxyl groups excluding tert-OH is 1. The zero-order chi connectivity index (χ0) is 14.3. The Morgan fingerprint density at radius 2 is 2.05 bits per heavy atom. The predicted octanol–water partition coefficient (Wildman–Crippen LogP) is 1.38. The monoisotopic (exact) mass is 303 g/mol. The van der Waals surface area contributed by atoms with E-state index < -0.39 is 17.9 Å². The van der Waals surface area contributed by atoms with Crippen LogP contribution < -0.4 is 5.32 Å². The highest BCUT2D eigenvalue weighted by molar-refractivity contribution is 8.00. The Hall–Kier alpha value is -1.24. The number of rotatable bonds is 7. The number of thioether (sulfide) groups is 1. The Morgan fingerprint density at radius 3 is 2.63 bits per heavy atom. The Morgan fingerprint density at radius 1 is 1.37 bits per heavy atom. The number of carboxylic acid groups (broad SMARTS) is 1. The summed E-state index contributed by atoms with van der Waals surface area (Å²) < 4.78 is 0. The SMILES string of the molecule is O=C(CSc1ccccc1Cl)N[C@H](CCO)C(=O)O. The number of nitrogens with one attached hydrogen (secondary N) is 1. The fourth-order valence-corrected chi connectivity index (χ4v) is 2.38. The predicted molar refractivity (Wildman–Crippen MR) is 73.4 cm³/mol. The maximum absolute atomic E-state index is 11.6. The highest BCUT2D eigenvalue weighted by atomic mass is 35.5. The van der Waals surface area contributed by atoms with Crippen LogP contribution in [0, 0.1) is 0 Å². The van der Waals surface area contributed by atoms with Crippen LogP contribution >= 0.6 is 23.4 Å². The average molecular weight is 304 g/mol. The van der Waals surface area contributed by atoms with E-state index in [1.54, 1.807) is 24.3 Å². The number of carbonyl (C=O) groups excluding carboxylic acids is 1. The maximum Gasteiger partial charge on any atom is 0.326 e. The molecule has 1 rings (SSSR count). The quantitative estimate of drug-likeness (QED) is 0.663. The Bertz CT molecular complexity index is 455. The van der Waals surface area contributed by atoms with Crippen molar-refractivity contribution in [3.63, 3.8) is 0 Å². The standard InChI is InChI=1S/C12H14ClNO4S/c13-8-3-1-2-4-10(8)19-7-11(16)14-9(5-6-15)12(17)18/h1-4,9,15H,5-7H2,(H,14,16)(H,17,18)/t9-/m1/s1. The minimum absolute atomic E-state index is 0.0160. The van der Waals surface area contributed by atoms with E-state index in [9.17, 15) is 9.59 Å². The Kier molecular flexibility index (Phi) is 6.69. The second kappa shape index (κ2) is 8.04. The summed E-state index contributed by atoms with van der Waals surface area (Å²) in [4.78, 5) is 23.2. The van der Waals surface area contributed by atoms with Crippen molar-refractivity contribution < 1.29 is 19.8 Å². The van der Waals surface area contributed by atoms with Crippen LogP contribution in [0.25, 0.3) is 0 Å². The van der Waals surface area contributed by atoms with E-state index in [1.165, 1.54) is 11.8 Å². The molecule has 0 aliphatic heterocycles. The van der Waals surface area contributed by atoms with Crippen LogP contribution in [0.5, 0.6) is 0 Å². The van der Waals surface area contributed by atoms with E-state index in [0.717, 1.165) is 4.90 Å². The van der Waals surface area contributed by atoms with E-state index >= 15 is 0 Å². The minimum Gasteiger partial charge on any atom is -0.480 e. The van der Waals surface area contributed by atoms with Crippen molar-refractivity contribution in [1.82, 2.24) is 5.32 Å². The number of aliphatic carboxylic acids is 1. The van der Waals surface area contributed by atoms with Gasteiger partial charge in [-0.3, -0.25) is 4.79 Å². The van der Waals surface area contributed by atoms with Gasteiger partial charge in [-0.05, 0) is 12.1 Å². The molecule has 1 amide bonds. The van der Waals surface area contributed by atoms with Gasteiger partial charge in [0.2, 0.25) is 5.91 Å². The first-order valence-corrected chi connectivity index (χ1v) is 6.91. The number of carboxylic acids is 1. The van der Waals surface area contributed by atoms with Gasteiger partial charge in [0.25, 0.3) is 0 Å². The van der Waals surface area contributed by atoms with Gasteiger partial charge in [0, 0.05) is 17.9 Å². The van der Waals surface area contributed by atoms with Crippen LogP contribution in [-0.2, 0) is 9.59 Å². The third kappa shape index (κ3) is 5.50.